The number of carbonyl (C=O) groups is 1. The van der Waals surface area contributed by atoms with Crippen molar-refractivity contribution in [1.29, 1.82) is 0 Å². The molecule has 0 bridgehead atoms. The number of hydrogen-bond donors (Lipinski definition) is 2. The molecule has 6 heteroatoms. The van der Waals surface area contributed by atoms with Crippen LogP contribution in [0.1, 0.15) is 19.8 Å². The second kappa shape index (κ2) is 7.45. The first kappa shape index (κ1) is 16.6. The fraction of sp³-hybridized carbons (Fsp3) is 0.533. The second-order valence-electron chi connectivity index (χ2n) is 5.53. The van der Waals surface area contributed by atoms with Gasteiger partial charge in [0, 0.05) is 5.69 Å². The summed E-state index contributed by atoms with van der Waals surface area (Å²) in [4.78, 5) is 14.1. The molecule has 2 rings (SSSR count). The van der Waals surface area contributed by atoms with E-state index in [0.29, 0.717) is 28.2 Å². The summed E-state index contributed by atoms with van der Waals surface area (Å²) in [5.74, 6) is 0.281. The summed E-state index contributed by atoms with van der Waals surface area (Å²) in [5.41, 5.74) is 0.647. The van der Waals surface area contributed by atoms with Gasteiger partial charge in [-0.25, -0.2) is 0 Å². The molecule has 1 aromatic carbocycles. The fourth-order valence-corrected chi connectivity index (χ4v) is 2.87. The Balaban J connectivity index is 1.81. The van der Waals surface area contributed by atoms with Crippen molar-refractivity contribution in [2.45, 2.75) is 25.9 Å². The lowest BCUT2D eigenvalue weighted by atomic mass is 9.92. The smallest absolute Gasteiger partial charge is 0.238 e. The highest BCUT2D eigenvalue weighted by atomic mass is 35.5. The Labute approximate surface area is 135 Å². The molecule has 1 unspecified atom stereocenters. The van der Waals surface area contributed by atoms with Gasteiger partial charge in [-0.1, -0.05) is 23.2 Å². The first-order chi connectivity index (χ1) is 9.95. The average molecular weight is 331 g/mol. The number of aliphatic hydroxyl groups is 1. The number of nitrogens with one attached hydrogen (secondary N) is 1. The Hall–Kier alpha value is -0.810. The molecule has 1 heterocycles. The number of likely N-dealkylation sites (tertiary alicyclic amines) is 1. The van der Waals surface area contributed by atoms with Crippen molar-refractivity contribution in [1.82, 2.24) is 4.90 Å². The van der Waals surface area contributed by atoms with E-state index in [9.17, 15) is 9.90 Å². The zero-order chi connectivity index (χ0) is 15.4. The van der Waals surface area contributed by atoms with E-state index in [1.165, 1.54) is 0 Å². The lowest BCUT2D eigenvalue weighted by Crippen LogP contribution is -2.41. The van der Waals surface area contributed by atoms with E-state index >= 15 is 0 Å². The van der Waals surface area contributed by atoms with E-state index in [-0.39, 0.29) is 12.0 Å². The summed E-state index contributed by atoms with van der Waals surface area (Å²) in [6, 6.07) is 5.03. The molecule has 0 radical (unpaired) electrons. The minimum atomic E-state index is -0.266. The Morgan fingerprint density at radius 3 is 2.62 bits per heavy atom. The van der Waals surface area contributed by atoms with Crippen LogP contribution < -0.4 is 5.32 Å². The SMILES string of the molecule is CC(O)C1CCN(CC(=O)Nc2ccc(Cl)c(Cl)c2)CC1. The number of hydrogen-bond acceptors (Lipinski definition) is 3. The molecule has 1 saturated heterocycles. The third-order valence-electron chi connectivity index (χ3n) is 3.89. The van der Waals surface area contributed by atoms with Gasteiger partial charge in [-0.3, -0.25) is 9.69 Å². The van der Waals surface area contributed by atoms with Crippen molar-refractivity contribution in [3.63, 3.8) is 0 Å². The Bertz CT molecular complexity index is 500. The van der Waals surface area contributed by atoms with Crippen LogP contribution in [-0.2, 0) is 4.79 Å². The minimum absolute atomic E-state index is 0.0658. The van der Waals surface area contributed by atoms with E-state index in [1.54, 1.807) is 18.2 Å². The van der Waals surface area contributed by atoms with Crippen molar-refractivity contribution in [2.75, 3.05) is 25.0 Å². The van der Waals surface area contributed by atoms with Crippen molar-refractivity contribution in [2.24, 2.45) is 5.92 Å². The number of amides is 1. The molecular formula is C15H20Cl2N2O2. The van der Waals surface area contributed by atoms with Gasteiger partial charge in [0.15, 0.2) is 0 Å². The molecule has 4 nitrogen and oxygen atoms in total. The molecule has 116 valence electrons. The van der Waals surface area contributed by atoms with Crippen molar-refractivity contribution in [3.8, 4) is 0 Å². The predicted octanol–water partition coefficient (Wildman–Crippen LogP) is 3.02. The number of aliphatic hydroxyl groups excluding tert-OH is 1. The number of benzene rings is 1. The summed E-state index contributed by atoms with van der Waals surface area (Å²) in [7, 11) is 0. The Morgan fingerprint density at radius 2 is 2.05 bits per heavy atom. The summed E-state index contributed by atoms with van der Waals surface area (Å²) >= 11 is 11.8. The van der Waals surface area contributed by atoms with Gasteiger partial charge in [0.2, 0.25) is 5.91 Å². The van der Waals surface area contributed by atoms with Crippen LogP contribution in [0.2, 0.25) is 10.0 Å². The first-order valence-electron chi connectivity index (χ1n) is 7.11. The quantitative estimate of drug-likeness (QED) is 0.892. The largest absolute Gasteiger partial charge is 0.393 e. The summed E-state index contributed by atoms with van der Waals surface area (Å²) in [5, 5.41) is 13.3. The van der Waals surface area contributed by atoms with Gasteiger partial charge in [0.1, 0.15) is 0 Å². The molecule has 1 atom stereocenters. The number of anilines is 1. The molecule has 0 spiro atoms. The first-order valence-corrected chi connectivity index (χ1v) is 7.86. The van der Waals surface area contributed by atoms with Gasteiger partial charge in [0.05, 0.1) is 22.7 Å². The van der Waals surface area contributed by atoms with Crippen LogP contribution in [0.4, 0.5) is 5.69 Å². The van der Waals surface area contributed by atoms with E-state index < -0.39 is 0 Å². The molecule has 0 saturated carbocycles. The molecule has 1 fully saturated rings. The maximum Gasteiger partial charge on any atom is 0.238 e. The number of halogens is 2. The standard InChI is InChI=1S/C15H20Cl2N2O2/c1-10(20)11-4-6-19(7-5-11)9-15(21)18-12-2-3-13(16)14(17)8-12/h2-3,8,10-11,20H,4-7,9H2,1H3,(H,18,21). The van der Waals surface area contributed by atoms with E-state index in [2.05, 4.69) is 10.2 Å². The van der Waals surface area contributed by atoms with Gasteiger partial charge in [-0.15, -0.1) is 0 Å². The highest BCUT2D eigenvalue weighted by molar-refractivity contribution is 6.42. The monoisotopic (exact) mass is 330 g/mol. The molecule has 1 aliphatic heterocycles. The van der Waals surface area contributed by atoms with E-state index in [0.717, 1.165) is 25.9 Å². The zero-order valence-electron chi connectivity index (χ0n) is 12.0. The van der Waals surface area contributed by atoms with Crippen molar-refractivity contribution in [3.05, 3.63) is 28.2 Å². The number of rotatable bonds is 4. The van der Waals surface area contributed by atoms with Crippen LogP contribution in [0.5, 0.6) is 0 Å². The van der Waals surface area contributed by atoms with Gasteiger partial charge < -0.3 is 10.4 Å². The zero-order valence-corrected chi connectivity index (χ0v) is 13.5. The molecule has 21 heavy (non-hydrogen) atoms. The molecule has 1 amide bonds. The lowest BCUT2D eigenvalue weighted by Gasteiger charge is -2.32. The molecule has 0 aliphatic carbocycles. The molecule has 0 aromatic heterocycles. The fourth-order valence-electron chi connectivity index (χ4n) is 2.57. The second-order valence-corrected chi connectivity index (χ2v) is 6.35. The third kappa shape index (κ3) is 4.85. The van der Waals surface area contributed by atoms with Crippen LogP contribution >= 0.6 is 23.2 Å². The third-order valence-corrected chi connectivity index (χ3v) is 4.62. The van der Waals surface area contributed by atoms with Gasteiger partial charge in [-0.05, 0) is 57.0 Å². The maximum atomic E-state index is 12.0. The number of nitrogens with zero attached hydrogens (tertiary/aromatic N) is 1. The Morgan fingerprint density at radius 1 is 1.38 bits per heavy atom. The Kier molecular flexibility index (Phi) is 5.88. The van der Waals surface area contributed by atoms with Crippen molar-refractivity contribution < 1.29 is 9.90 Å². The summed E-state index contributed by atoms with van der Waals surface area (Å²) < 4.78 is 0. The summed E-state index contributed by atoms with van der Waals surface area (Å²) in [6.07, 6.45) is 1.59. The van der Waals surface area contributed by atoms with Gasteiger partial charge in [0.25, 0.3) is 0 Å². The maximum absolute atomic E-state index is 12.0. The molecule has 1 aromatic rings. The highest BCUT2D eigenvalue weighted by Gasteiger charge is 2.23. The number of carbonyl (C=O) groups excluding carboxylic acids is 1. The van der Waals surface area contributed by atoms with Crippen molar-refractivity contribution >= 4 is 34.8 Å². The molecule has 1 aliphatic rings. The predicted molar refractivity (Wildman–Crippen MR) is 85.9 cm³/mol. The van der Waals surface area contributed by atoms with Crippen LogP contribution in [0, 0.1) is 5.92 Å². The average Bonchev–Trinajstić information content (AvgIpc) is 2.43. The van der Waals surface area contributed by atoms with E-state index in [1.807, 2.05) is 6.92 Å². The molecular weight excluding hydrogens is 311 g/mol. The number of piperidine rings is 1. The van der Waals surface area contributed by atoms with Gasteiger partial charge in [-0.2, -0.15) is 0 Å². The van der Waals surface area contributed by atoms with Crippen LogP contribution in [0.15, 0.2) is 18.2 Å². The van der Waals surface area contributed by atoms with Crippen LogP contribution in [0.3, 0.4) is 0 Å². The highest BCUT2D eigenvalue weighted by Crippen LogP contribution is 2.25. The van der Waals surface area contributed by atoms with Crippen LogP contribution in [0.25, 0.3) is 0 Å². The van der Waals surface area contributed by atoms with Crippen LogP contribution in [-0.4, -0.2) is 41.7 Å². The van der Waals surface area contributed by atoms with E-state index in [4.69, 9.17) is 23.2 Å². The topological polar surface area (TPSA) is 52.6 Å². The lowest BCUT2D eigenvalue weighted by molar-refractivity contribution is -0.117. The van der Waals surface area contributed by atoms with Gasteiger partial charge >= 0.3 is 0 Å². The normalized spacial score (nSPS) is 18.5. The molecule has 2 N–H and O–H groups in total. The summed E-state index contributed by atoms with van der Waals surface area (Å²) in [6.45, 7) is 3.86. The minimum Gasteiger partial charge on any atom is -0.393 e.